The number of nitrogens with zero attached hydrogens (tertiary/aromatic N) is 2. The van der Waals surface area contributed by atoms with Crippen LogP contribution in [-0.2, 0) is 22.9 Å². The van der Waals surface area contributed by atoms with E-state index in [2.05, 4.69) is 21.4 Å². The van der Waals surface area contributed by atoms with Crippen molar-refractivity contribution < 1.29 is 8.42 Å². The quantitative estimate of drug-likeness (QED) is 0.836. The molecule has 1 saturated heterocycles. The number of anilines is 2. The summed E-state index contributed by atoms with van der Waals surface area (Å²) in [4.78, 5) is 5.15. The summed E-state index contributed by atoms with van der Waals surface area (Å²) in [6.45, 7) is 7.45. The van der Waals surface area contributed by atoms with E-state index in [1.165, 1.54) is 17.5 Å². The van der Waals surface area contributed by atoms with Gasteiger partial charge in [-0.2, -0.15) is 0 Å². The Hall–Kier alpha value is -2.05. The van der Waals surface area contributed by atoms with Gasteiger partial charge in [-0.3, -0.25) is 4.72 Å². The normalized spacial score (nSPS) is 18.0. The Morgan fingerprint density at radius 1 is 0.893 bits per heavy atom. The van der Waals surface area contributed by atoms with Crippen LogP contribution in [0.5, 0.6) is 0 Å². The van der Waals surface area contributed by atoms with E-state index in [0.29, 0.717) is 10.6 Å². The zero-order valence-corrected chi connectivity index (χ0v) is 17.3. The molecule has 0 bridgehead atoms. The molecule has 1 aliphatic heterocycles. The summed E-state index contributed by atoms with van der Waals surface area (Å²) in [7, 11) is -3.57. The lowest BCUT2D eigenvalue weighted by Crippen LogP contribution is -2.46. The maximum Gasteiger partial charge on any atom is 0.261 e. The lowest BCUT2D eigenvalue weighted by Gasteiger charge is -2.35. The Bertz CT molecular complexity index is 917. The minimum atomic E-state index is -3.57. The first kappa shape index (κ1) is 19.3. The molecule has 0 amide bonds. The highest BCUT2D eigenvalue weighted by Crippen LogP contribution is 2.26. The van der Waals surface area contributed by atoms with Crippen molar-refractivity contribution in [3.63, 3.8) is 0 Å². The summed E-state index contributed by atoms with van der Waals surface area (Å²) in [5, 5.41) is 0. The van der Waals surface area contributed by atoms with Gasteiger partial charge in [0.05, 0.1) is 4.90 Å². The van der Waals surface area contributed by atoms with Crippen LogP contribution in [0.4, 0.5) is 11.4 Å². The van der Waals surface area contributed by atoms with Gasteiger partial charge < -0.3 is 9.80 Å². The van der Waals surface area contributed by atoms with Gasteiger partial charge in [0.15, 0.2) is 0 Å². The third-order valence-corrected chi connectivity index (χ3v) is 7.31. The van der Waals surface area contributed by atoms with Gasteiger partial charge in [0, 0.05) is 37.6 Å². The molecule has 1 heterocycles. The fourth-order valence-electron chi connectivity index (χ4n) is 4.15. The number of sulfonamides is 1. The topological polar surface area (TPSA) is 52.6 Å². The molecule has 0 saturated carbocycles. The summed E-state index contributed by atoms with van der Waals surface area (Å²) < 4.78 is 28.4. The number of hydrogen-bond donors (Lipinski definition) is 1. The van der Waals surface area contributed by atoms with Crippen molar-refractivity contribution in [2.75, 3.05) is 42.3 Å². The summed E-state index contributed by atoms with van der Waals surface area (Å²) >= 11 is 0. The molecule has 0 unspecified atom stereocenters. The van der Waals surface area contributed by atoms with Crippen LogP contribution in [0, 0.1) is 0 Å². The molecule has 2 aliphatic rings. The highest BCUT2D eigenvalue weighted by molar-refractivity contribution is 7.92. The van der Waals surface area contributed by atoms with Crippen molar-refractivity contribution in [1.82, 2.24) is 4.90 Å². The molecular formula is C22H29N3O2S. The summed E-state index contributed by atoms with van der Waals surface area (Å²) in [5.74, 6) is 0. The first-order chi connectivity index (χ1) is 13.5. The van der Waals surface area contributed by atoms with E-state index < -0.39 is 10.0 Å². The second-order valence-electron chi connectivity index (χ2n) is 7.71. The molecule has 2 aromatic carbocycles. The molecule has 1 fully saturated rings. The predicted molar refractivity (Wildman–Crippen MR) is 115 cm³/mol. The zero-order valence-electron chi connectivity index (χ0n) is 16.5. The number of aryl methyl sites for hydroxylation is 2. The van der Waals surface area contributed by atoms with Gasteiger partial charge in [0.1, 0.15) is 0 Å². The molecule has 5 nitrogen and oxygen atoms in total. The van der Waals surface area contributed by atoms with E-state index in [1.807, 2.05) is 36.4 Å². The van der Waals surface area contributed by atoms with Crippen molar-refractivity contribution in [3.05, 3.63) is 53.6 Å². The second-order valence-corrected chi connectivity index (χ2v) is 9.39. The van der Waals surface area contributed by atoms with Crippen molar-refractivity contribution in [1.29, 1.82) is 0 Å². The monoisotopic (exact) mass is 399 g/mol. The van der Waals surface area contributed by atoms with Crippen LogP contribution >= 0.6 is 0 Å². The average Bonchev–Trinajstić information content (AvgIpc) is 2.74. The fourth-order valence-corrected chi connectivity index (χ4v) is 5.26. The van der Waals surface area contributed by atoms with E-state index in [0.717, 1.165) is 57.7 Å². The van der Waals surface area contributed by atoms with Crippen LogP contribution in [0.1, 0.15) is 30.9 Å². The number of hydrogen-bond acceptors (Lipinski definition) is 4. The lowest BCUT2D eigenvalue weighted by molar-refractivity contribution is 0.271. The third kappa shape index (κ3) is 4.18. The van der Waals surface area contributed by atoms with Crippen LogP contribution in [-0.4, -0.2) is 46.0 Å². The zero-order chi connectivity index (χ0) is 19.6. The van der Waals surface area contributed by atoms with Crippen molar-refractivity contribution in [2.45, 2.75) is 37.5 Å². The number of likely N-dealkylation sites (N-methyl/N-ethyl adjacent to an activating group) is 1. The largest absolute Gasteiger partial charge is 0.369 e. The van der Waals surface area contributed by atoms with Gasteiger partial charge in [0.2, 0.25) is 0 Å². The predicted octanol–water partition coefficient (Wildman–Crippen LogP) is 3.51. The maximum atomic E-state index is 12.8. The number of benzene rings is 2. The second kappa shape index (κ2) is 8.13. The van der Waals surface area contributed by atoms with Gasteiger partial charge in [-0.25, -0.2) is 8.42 Å². The van der Waals surface area contributed by atoms with Crippen molar-refractivity contribution >= 4 is 21.4 Å². The van der Waals surface area contributed by atoms with E-state index in [1.54, 1.807) is 6.07 Å². The first-order valence-corrected chi connectivity index (χ1v) is 11.8. The van der Waals surface area contributed by atoms with Crippen LogP contribution in [0.2, 0.25) is 0 Å². The molecule has 0 spiro atoms. The van der Waals surface area contributed by atoms with Crippen molar-refractivity contribution in [2.24, 2.45) is 0 Å². The van der Waals surface area contributed by atoms with Gasteiger partial charge in [-0.05, 0) is 79.8 Å². The number of fused-ring (bicyclic) bond motifs is 1. The Morgan fingerprint density at radius 2 is 1.57 bits per heavy atom. The first-order valence-electron chi connectivity index (χ1n) is 10.3. The van der Waals surface area contributed by atoms with Crippen LogP contribution in [0.3, 0.4) is 0 Å². The van der Waals surface area contributed by atoms with E-state index >= 15 is 0 Å². The average molecular weight is 400 g/mol. The smallest absolute Gasteiger partial charge is 0.261 e. The summed E-state index contributed by atoms with van der Waals surface area (Å²) in [5.41, 5.74) is 4.22. The van der Waals surface area contributed by atoms with E-state index in [4.69, 9.17) is 0 Å². The molecule has 2 aromatic rings. The lowest BCUT2D eigenvalue weighted by atomic mass is 9.92. The molecule has 1 aliphatic carbocycles. The highest BCUT2D eigenvalue weighted by Gasteiger charge is 2.19. The third-order valence-electron chi connectivity index (χ3n) is 5.93. The molecule has 6 heteroatoms. The molecule has 1 N–H and O–H groups in total. The van der Waals surface area contributed by atoms with Crippen LogP contribution in [0.25, 0.3) is 0 Å². The summed E-state index contributed by atoms with van der Waals surface area (Å²) in [6, 6.07) is 13.3. The molecule has 150 valence electrons. The van der Waals surface area contributed by atoms with Crippen molar-refractivity contribution in [3.8, 4) is 0 Å². The number of nitrogens with one attached hydrogen (secondary N) is 1. The number of rotatable bonds is 5. The van der Waals surface area contributed by atoms with Gasteiger partial charge >= 0.3 is 0 Å². The summed E-state index contributed by atoms with van der Waals surface area (Å²) in [6.07, 6.45) is 4.35. The van der Waals surface area contributed by atoms with E-state index in [-0.39, 0.29) is 0 Å². The molecule has 28 heavy (non-hydrogen) atoms. The Kier molecular flexibility index (Phi) is 5.60. The minimum absolute atomic E-state index is 0.355. The van der Waals surface area contributed by atoms with Gasteiger partial charge in [-0.15, -0.1) is 0 Å². The Morgan fingerprint density at radius 3 is 2.25 bits per heavy atom. The molecule has 0 aromatic heterocycles. The molecular weight excluding hydrogens is 370 g/mol. The molecule has 0 atom stereocenters. The SMILES string of the molecule is CCN1CCN(c2ccc(NS(=O)(=O)c3ccc4c(c3)CCCC4)cc2)CC1. The van der Waals surface area contributed by atoms with E-state index in [9.17, 15) is 8.42 Å². The highest BCUT2D eigenvalue weighted by atomic mass is 32.2. The van der Waals surface area contributed by atoms with Gasteiger partial charge in [-0.1, -0.05) is 13.0 Å². The minimum Gasteiger partial charge on any atom is -0.369 e. The molecule has 4 rings (SSSR count). The number of piperazine rings is 1. The molecule has 0 radical (unpaired) electrons. The fraction of sp³-hybridized carbons (Fsp3) is 0.455. The Balaban J connectivity index is 1.45. The maximum absolute atomic E-state index is 12.8. The van der Waals surface area contributed by atoms with Crippen LogP contribution in [0.15, 0.2) is 47.4 Å². The standard InChI is InChI=1S/C22H29N3O2S/c1-2-24-13-15-25(16-14-24)21-10-8-20(9-11-21)23-28(26,27)22-12-7-18-5-3-4-6-19(18)17-22/h7-12,17,23H,2-6,13-16H2,1H3. The van der Waals surface area contributed by atoms with Gasteiger partial charge in [0.25, 0.3) is 10.0 Å². The van der Waals surface area contributed by atoms with Crippen LogP contribution < -0.4 is 9.62 Å². The Labute approximate surface area is 168 Å².